The summed E-state index contributed by atoms with van der Waals surface area (Å²) in [6.07, 6.45) is 0. The molecule has 1 aromatic carbocycles. The van der Waals surface area contributed by atoms with Gasteiger partial charge in [0.1, 0.15) is 0 Å². The highest BCUT2D eigenvalue weighted by molar-refractivity contribution is 7.52. The third-order valence-electron chi connectivity index (χ3n) is 1.44. The van der Waals surface area contributed by atoms with Crippen molar-refractivity contribution in [2.24, 2.45) is 0 Å². The fraction of sp³-hybridized carbons (Fsp3) is 0.125. The van der Waals surface area contributed by atoms with Crippen molar-refractivity contribution in [3.8, 4) is 5.75 Å². The molecular weight excluding hydrogens is 208 g/mol. The summed E-state index contributed by atoms with van der Waals surface area (Å²) in [6.45, 7) is 1.70. The largest absolute Gasteiger partial charge is 0.578 e. The smallest absolute Gasteiger partial charge is 0.169 e. The van der Waals surface area contributed by atoms with E-state index in [0.717, 1.165) is 0 Å². The Bertz CT molecular complexity index is 339. The van der Waals surface area contributed by atoms with Crippen molar-refractivity contribution >= 4 is 18.9 Å². The molecule has 0 aromatic heterocycles. The number of benzene rings is 1. The van der Waals surface area contributed by atoms with Gasteiger partial charge in [-0.3, -0.25) is 0 Å². The predicted octanol–water partition coefficient (Wildman–Crippen LogP) is 0.0624. The van der Waals surface area contributed by atoms with Gasteiger partial charge in [0.25, 0.3) is 0 Å². The number of hydrogen-bond donors (Lipinski definition) is 0. The Hall–Kier alpha value is -1.24. The first kappa shape index (κ1) is 10.8. The first-order chi connectivity index (χ1) is 6.63. The van der Waals surface area contributed by atoms with Gasteiger partial charge >= 0.3 is 0 Å². The summed E-state index contributed by atoms with van der Waals surface area (Å²) in [4.78, 5) is 15.0. The highest BCUT2D eigenvalue weighted by Gasteiger charge is 2.01. The Labute approximate surface area is 85.7 Å². The Morgan fingerprint density at radius 1 is 1.43 bits per heavy atom. The molecule has 1 rings (SSSR count). The highest BCUT2D eigenvalue weighted by Crippen LogP contribution is 2.16. The lowest BCUT2D eigenvalue weighted by Crippen LogP contribution is -2.22. The van der Waals surface area contributed by atoms with Crippen LogP contribution in [0.2, 0.25) is 0 Å². The first-order valence-corrected chi connectivity index (χ1v) is 3.93. The Morgan fingerprint density at radius 3 is 2.71 bits per heavy atom. The minimum atomic E-state index is -1.29. The normalized spacial score (nSPS) is 9.86. The monoisotopic (exact) mass is 214 g/mol. The predicted molar refractivity (Wildman–Crippen MR) is 45.7 cm³/mol. The van der Waals surface area contributed by atoms with Gasteiger partial charge in [-0.1, -0.05) is 0 Å². The third kappa shape index (κ3) is 2.91. The van der Waals surface area contributed by atoms with Gasteiger partial charge in [0, 0.05) is 5.56 Å². The van der Waals surface area contributed by atoms with E-state index >= 15 is 0 Å². The third-order valence-corrected chi connectivity index (χ3v) is 1.50. The van der Waals surface area contributed by atoms with Gasteiger partial charge in [-0.25, -0.2) is 0 Å². The maximum Gasteiger partial charge on any atom is 0.169 e. The number of hydrogen-bond acceptors (Lipinski definition) is 6. The van der Waals surface area contributed by atoms with Crippen LogP contribution in [-0.2, 0) is 22.3 Å². The van der Waals surface area contributed by atoms with Gasteiger partial charge in [0.15, 0.2) is 5.75 Å². The zero-order valence-corrected chi connectivity index (χ0v) is 8.00. The maximum absolute atomic E-state index is 10.5. The second-order valence-electron chi connectivity index (χ2n) is 2.54. The molecule has 6 heteroatoms. The maximum atomic E-state index is 10.5. The zero-order valence-electron chi connectivity index (χ0n) is 7.18. The van der Waals surface area contributed by atoms with Gasteiger partial charge in [-0.15, -0.1) is 0 Å². The van der Waals surface area contributed by atoms with E-state index in [9.17, 15) is 9.90 Å². The summed E-state index contributed by atoms with van der Waals surface area (Å²) in [5, 5.41) is 14.5. The van der Waals surface area contributed by atoms with Gasteiger partial charge in [0.2, 0.25) is 0 Å². The lowest BCUT2D eigenvalue weighted by atomic mass is 10.1. The van der Waals surface area contributed by atoms with Crippen molar-refractivity contribution in [3.05, 3.63) is 29.3 Å². The minimum Gasteiger partial charge on any atom is -0.578 e. The van der Waals surface area contributed by atoms with Crippen LogP contribution in [0.3, 0.4) is 0 Å². The van der Waals surface area contributed by atoms with Crippen molar-refractivity contribution in [2.75, 3.05) is 0 Å². The van der Waals surface area contributed by atoms with Crippen LogP contribution < -0.4 is 9.99 Å². The van der Waals surface area contributed by atoms with Gasteiger partial charge in [-0.05, 0) is 35.7 Å². The molecule has 0 unspecified atom stereocenters. The lowest BCUT2D eigenvalue weighted by molar-refractivity contribution is -0.403. The van der Waals surface area contributed by atoms with E-state index in [2.05, 4.69) is 27.2 Å². The van der Waals surface area contributed by atoms with E-state index < -0.39 is 5.97 Å². The molecule has 5 nitrogen and oxygen atoms in total. The molecule has 0 aliphatic rings. The van der Waals surface area contributed by atoms with Crippen LogP contribution in [-0.4, -0.2) is 5.97 Å². The van der Waals surface area contributed by atoms with E-state index in [1.807, 2.05) is 0 Å². The Balaban J connectivity index is 2.89. The van der Waals surface area contributed by atoms with Crippen LogP contribution in [0.1, 0.15) is 15.9 Å². The van der Waals surface area contributed by atoms with Crippen LogP contribution in [0, 0.1) is 6.92 Å². The SMILES string of the molecule is Cc1cc(OOO[S-])cc(C(=O)[O-])c1. The van der Waals surface area contributed by atoms with Crippen molar-refractivity contribution in [3.63, 3.8) is 0 Å². The van der Waals surface area contributed by atoms with Gasteiger partial charge < -0.3 is 32.0 Å². The quantitative estimate of drug-likeness (QED) is 0.401. The van der Waals surface area contributed by atoms with E-state index in [4.69, 9.17) is 0 Å². The summed E-state index contributed by atoms with van der Waals surface area (Å²) in [6, 6.07) is 4.23. The molecule has 0 spiro atoms. The van der Waals surface area contributed by atoms with Crippen LogP contribution in [0.15, 0.2) is 18.2 Å². The Kier molecular flexibility index (Phi) is 3.75. The van der Waals surface area contributed by atoms with Gasteiger partial charge in [-0.2, -0.15) is 0 Å². The first-order valence-electron chi connectivity index (χ1n) is 3.59. The molecular formula is C8H6O5S-2. The van der Waals surface area contributed by atoms with Crippen LogP contribution in [0.4, 0.5) is 0 Å². The molecule has 0 fully saturated rings. The minimum absolute atomic E-state index is 0.00651. The molecule has 0 heterocycles. The number of carboxylic acids is 1. The van der Waals surface area contributed by atoms with E-state index in [1.165, 1.54) is 12.1 Å². The molecule has 0 radical (unpaired) electrons. The number of carboxylic acid groups (broad SMARTS) is 1. The number of rotatable bonds is 4. The van der Waals surface area contributed by atoms with Crippen molar-refractivity contribution < 1.29 is 24.2 Å². The summed E-state index contributed by atoms with van der Waals surface area (Å²) in [5.41, 5.74) is 0.683. The molecule has 14 heavy (non-hydrogen) atoms. The molecule has 0 amide bonds. The molecule has 0 saturated carbocycles. The second kappa shape index (κ2) is 4.85. The second-order valence-corrected chi connectivity index (χ2v) is 2.68. The van der Waals surface area contributed by atoms with Crippen molar-refractivity contribution in [1.82, 2.24) is 0 Å². The summed E-state index contributed by atoms with van der Waals surface area (Å²) < 4.78 is 3.78. The molecule has 0 aliphatic carbocycles. The molecule has 0 bridgehead atoms. The fourth-order valence-corrected chi connectivity index (χ4v) is 0.995. The summed E-state index contributed by atoms with van der Waals surface area (Å²) in [7, 11) is 0. The number of carbonyl (C=O) groups excluding carboxylic acids is 1. The zero-order chi connectivity index (χ0) is 10.6. The van der Waals surface area contributed by atoms with E-state index in [1.54, 1.807) is 13.0 Å². The summed E-state index contributed by atoms with van der Waals surface area (Å²) in [5.74, 6) is -1.12. The lowest BCUT2D eigenvalue weighted by Gasteiger charge is -2.09. The van der Waals surface area contributed by atoms with Crippen LogP contribution >= 0.6 is 0 Å². The average molecular weight is 214 g/mol. The molecule has 0 N–H and O–H groups in total. The number of carbonyl (C=O) groups is 1. The van der Waals surface area contributed by atoms with Crippen LogP contribution in [0.5, 0.6) is 5.75 Å². The fourth-order valence-electron chi connectivity index (χ4n) is 0.967. The number of aromatic carboxylic acids is 1. The summed E-state index contributed by atoms with van der Waals surface area (Å²) >= 11 is 3.99. The van der Waals surface area contributed by atoms with E-state index in [-0.39, 0.29) is 11.3 Å². The topological polar surface area (TPSA) is 67.8 Å². The average Bonchev–Trinajstić information content (AvgIpc) is 2.14. The molecule has 0 aliphatic heterocycles. The molecule has 0 saturated heterocycles. The van der Waals surface area contributed by atoms with Crippen molar-refractivity contribution in [2.45, 2.75) is 6.92 Å². The standard InChI is InChI=1S/C8H8O5S/c1-5-2-6(8(9)10)4-7(3-5)11-12-13-14/h2-4,14H,1H3,(H,9,10)/p-2. The van der Waals surface area contributed by atoms with Gasteiger partial charge in [0.05, 0.1) is 5.97 Å². The van der Waals surface area contributed by atoms with Crippen molar-refractivity contribution in [1.29, 1.82) is 0 Å². The van der Waals surface area contributed by atoms with Crippen LogP contribution in [0.25, 0.3) is 0 Å². The Morgan fingerprint density at radius 2 is 2.14 bits per heavy atom. The molecule has 1 aromatic rings. The number of aryl methyl sites for hydroxylation is 1. The molecule has 76 valence electrons. The molecule has 0 atom stereocenters. The van der Waals surface area contributed by atoms with E-state index in [0.29, 0.717) is 5.56 Å². The highest BCUT2D eigenvalue weighted by atomic mass is 32.1.